The average molecular weight is 387 g/mol. The van der Waals surface area contributed by atoms with E-state index in [1.165, 1.54) is 11.1 Å². The fourth-order valence-corrected chi connectivity index (χ4v) is 4.42. The number of fused-ring (bicyclic) bond motifs is 1. The molecule has 4 aromatic rings. The Hall–Kier alpha value is -3.22. The molecule has 1 fully saturated rings. The molecule has 0 saturated carbocycles. The number of hydrogen-bond acceptors (Lipinski definition) is 5. The second kappa shape index (κ2) is 7.07. The number of aromatic nitrogens is 1. The molecule has 1 atom stereocenters. The molecule has 1 unspecified atom stereocenters. The molecule has 0 spiro atoms. The van der Waals surface area contributed by atoms with Crippen LogP contribution in [-0.4, -0.2) is 17.2 Å². The van der Waals surface area contributed by atoms with Gasteiger partial charge in [0.25, 0.3) is 0 Å². The second-order valence-corrected chi connectivity index (χ2v) is 7.78. The third kappa shape index (κ3) is 3.24. The van der Waals surface area contributed by atoms with Gasteiger partial charge in [0.15, 0.2) is 0 Å². The van der Waals surface area contributed by atoms with Crippen LogP contribution in [0.15, 0.2) is 72.8 Å². The smallest absolute Gasteiger partial charge is 0.352 e. The average Bonchev–Trinajstić information content (AvgIpc) is 3.37. The number of carbonyl (C=O) groups excluding carboxylic acids is 1. The molecule has 3 heterocycles. The highest BCUT2D eigenvalue weighted by Crippen LogP contribution is 2.34. The van der Waals surface area contributed by atoms with Crippen molar-refractivity contribution in [2.24, 2.45) is 0 Å². The number of thiophene rings is 1. The number of rotatable bonds is 4. The molecule has 2 aromatic heterocycles. The lowest BCUT2D eigenvalue weighted by Gasteiger charge is -2.09. The Morgan fingerprint density at radius 3 is 2.64 bits per heavy atom. The van der Waals surface area contributed by atoms with Crippen LogP contribution < -0.4 is 10.8 Å². The van der Waals surface area contributed by atoms with Gasteiger partial charge in [-0.15, -0.1) is 16.8 Å². The van der Waals surface area contributed by atoms with E-state index in [1.54, 1.807) is 11.3 Å². The van der Waals surface area contributed by atoms with Crippen LogP contribution in [0.25, 0.3) is 32.6 Å². The zero-order valence-electron chi connectivity index (χ0n) is 14.9. The van der Waals surface area contributed by atoms with Crippen LogP contribution in [0.1, 0.15) is 4.88 Å². The quantitative estimate of drug-likeness (QED) is 0.531. The predicted octanol–water partition coefficient (Wildman–Crippen LogP) is 4.74. The normalized spacial score (nSPS) is 16.1. The lowest BCUT2D eigenvalue weighted by Crippen LogP contribution is -2.33. The van der Waals surface area contributed by atoms with Gasteiger partial charge in [0, 0.05) is 16.7 Å². The Balaban J connectivity index is 1.54. The van der Waals surface area contributed by atoms with E-state index in [0.29, 0.717) is 6.42 Å². The van der Waals surface area contributed by atoms with Crippen LogP contribution in [-0.2, 0) is 11.3 Å². The van der Waals surface area contributed by atoms with Crippen LogP contribution in [0.2, 0.25) is 0 Å². The number of amides is 1. The molecular formula is C22H17N3O2S. The lowest BCUT2D eigenvalue weighted by atomic mass is 10.00. The van der Waals surface area contributed by atoms with E-state index in [0.717, 1.165) is 26.4 Å². The lowest BCUT2D eigenvalue weighted by molar-refractivity contribution is 0.121. The van der Waals surface area contributed by atoms with Crippen LogP contribution in [0.4, 0.5) is 4.79 Å². The summed E-state index contributed by atoms with van der Waals surface area (Å²) in [6, 6.07) is 24.9. The van der Waals surface area contributed by atoms with Crippen LogP contribution in [0, 0.1) is 0 Å². The van der Waals surface area contributed by atoms with Crippen LogP contribution in [0.3, 0.4) is 0 Å². The maximum absolute atomic E-state index is 11.2. The minimum atomic E-state index is -0.439. The molecule has 0 bridgehead atoms. The van der Waals surface area contributed by atoms with Crippen molar-refractivity contribution in [1.29, 1.82) is 0 Å². The Labute approximate surface area is 166 Å². The van der Waals surface area contributed by atoms with Crippen molar-refractivity contribution in [2.75, 3.05) is 0 Å². The molecule has 5 nitrogen and oxygen atoms in total. The molecule has 1 amide bonds. The predicted molar refractivity (Wildman–Crippen MR) is 111 cm³/mol. The minimum Gasteiger partial charge on any atom is -0.352 e. The Kier molecular flexibility index (Phi) is 4.27. The maximum atomic E-state index is 11.2. The molecule has 1 aliphatic rings. The van der Waals surface area contributed by atoms with E-state index < -0.39 is 6.09 Å². The molecule has 6 heteroatoms. The third-order valence-electron chi connectivity index (χ3n) is 4.71. The number of pyridine rings is 1. The second-order valence-electron chi connectivity index (χ2n) is 6.61. The summed E-state index contributed by atoms with van der Waals surface area (Å²) in [7, 11) is 0. The highest BCUT2D eigenvalue weighted by atomic mass is 32.1. The fraction of sp³-hybridized carbons (Fsp3) is 0.0909. The first-order valence-corrected chi connectivity index (χ1v) is 9.85. The Bertz CT molecular complexity index is 1160. The highest BCUT2D eigenvalue weighted by molar-refractivity contribution is 7.15. The summed E-state index contributed by atoms with van der Waals surface area (Å²) in [5.41, 5.74) is 6.97. The van der Waals surface area contributed by atoms with Crippen molar-refractivity contribution in [3.8, 4) is 21.7 Å². The molecule has 28 heavy (non-hydrogen) atoms. The van der Waals surface area contributed by atoms with Gasteiger partial charge in [-0.05, 0) is 35.4 Å². The van der Waals surface area contributed by atoms with Crippen molar-refractivity contribution in [2.45, 2.75) is 12.6 Å². The van der Waals surface area contributed by atoms with Gasteiger partial charge in [-0.2, -0.15) is 0 Å². The number of para-hydroxylation sites is 1. The Morgan fingerprint density at radius 1 is 1.00 bits per heavy atom. The van der Waals surface area contributed by atoms with Crippen molar-refractivity contribution in [3.63, 3.8) is 0 Å². The molecule has 0 aliphatic carbocycles. The SMILES string of the molecule is O=C1NC(Cc2ccc(-c3cc(-c4ccccc4)c4ccccc4n3)s2)NO1. The van der Waals surface area contributed by atoms with E-state index in [1.807, 2.05) is 18.2 Å². The van der Waals surface area contributed by atoms with Gasteiger partial charge in [-0.3, -0.25) is 0 Å². The van der Waals surface area contributed by atoms with Crippen molar-refractivity contribution in [3.05, 3.63) is 77.7 Å². The summed E-state index contributed by atoms with van der Waals surface area (Å²) in [5.74, 6) is 0. The summed E-state index contributed by atoms with van der Waals surface area (Å²) >= 11 is 1.68. The number of nitrogens with one attached hydrogen (secondary N) is 2. The maximum Gasteiger partial charge on any atom is 0.427 e. The standard InChI is InChI=1S/C22H17N3O2S/c26-22-24-21(25-27-22)12-15-10-11-20(28-15)19-13-17(14-6-2-1-3-7-14)16-8-4-5-9-18(16)23-19/h1-11,13,21,25H,12H2,(H,24,26). The largest absolute Gasteiger partial charge is 0.427 e. The first kappa shape index (κ1) is 16.9. The van der Waals surface area contributed by atoms with Gasteiger partial charge in [0.2, 0.25) is 0 Å². The van der Waals surface area contributed by atoms with Gasteiger partial charge in [-0.25, -0.2) is 9.78 Å². The summed E-state index contributed by atoms with van der Waals surface area (Å²) < 4.78 is 0. The van der Waals surface area contributed by atoms with Gasteiger partial charge < -0.3 is 10.2 Å². The molecule has 0 radical (unpaired) electrons. The molecule has 2 aromatic carbocycles. The highest BCUT2D eigenvalue weighted by Gasteiger charge is 2.22. The number of hydroxylamine groups is 1. The first-order chi connectivity index (χ1) is 13.8. The summed E-state index contributed by atoms with van der Waals surface area (Å²) in [4.78, 5) is 23.0. The minimum absolute atomic E-state index is 0.205. The number of benzene rings is 2. The van der Waals surface area contributed by atoms with Gasteiger partial charge >= 0.3 is 6.09 Å². The van der Waals surface area contributed by atoms with Gasteiger partial charge in [0.1, 0.15) is 6.17 Å². The number of carbonyl (C=O) groups is 1. The van der Waals surface area contributed by atoms with Crippen molar-refractivity contribution in [1.82, 2.24) is 15.8 Å². The molecule has 1 saturated heterocycles. The van der Waals surface area contributed by atoms with Crippen LogP contribution in [0.5, 0.6) is 0 Å². The topological polar surface area (TPSA) is 63.2 Å². The van der Waals surface area contributed by atoms with E-state index in [-0.39, 0.29) is 6.17 Å². The third-order valence-corrected chi connectivity index (χ3v) is 5.84. The van der Waals surface area contributed by atoms with Crippen molar-refractivity contribution >= 4 is 28.3 Å². The zero-order valence-corrected chi connectivity index (χ0v) is 15.7. The fourth-order valence-electron chi connectivity index (χ4n) is 3.40. The number of hydrogen-bond donors (Lipinski definition) is 2. The van der Waals surface area contributed by atoms with Crippen LogP contribution >= 0.6 is 11.3 Å². The van der Waals surface area contributed by atoms with E-state index >= 15 is 0 Å². The zero-order chi connectivity index (χ0) is 18.9. The Morgan fingerprint density at radius 2 is 1.82 bits per heavy atom. The molecule has 2 N–H and O–H groups in total. The monoisotopic (exact) mass is 387 g/mol. The van der Waals surface area contributed by atoms with E-state index in [9.17, 15) is 4.79 Å². The summed E-state index contributed by atoms with van der Waals surface area (Å²) in [6.45, 7) is 0. The molecule has 1 aliphatic heterocycles. The van der Waals surface area contributed by atoms with Gasteiger partial charge in [-0.1, -0.05) is 48.5 Å². The summed E-state index contributed by atoms with van der Waals surface area (Å²) in [6.07, 6.45) is 0.0177. The molecule has 138 valence electrons. The molecule has 5 rings (SSSR count). The van der Waals surface area contributed by atoms with Gasteiger partial charge in [0.05, 0.1) is 16.1 Å². The van der Waals surface area contributed by atoms with Crippen molar-refractivity contribution < 1.29 is 9.63 Å². The number of nitrogens with zero attached hydrogens (tertiary/aromatic N) is 1. The first-order valence-electron chi connectivity index (χ1n) is 9.03. The summed E-state index contributed by atoms with van der Waals surface area (Å²) in [5, 5.41) is 3.87. The molecular weight excluding hydrogens is 370 g/mol. The van der Waals surface area contributed by atoms with E-state index in [2.05, 4.69) is 65.4 Å². The van der Waals surface area contributed by atoms with E-state index in [4.69, 9.17) is 9.82 Å².